The van der Waals surface area contributed by atoms with E-state index in [1.807, 2.05) is 6.07 Å². The third kappa shape index (κ3) is 5.19. The molecule has 0 amide bonds. The van der Waals surface area contributed by atoms with Gasteiger partial charge in [-0.15, -0.1) is 0 Å². The number of methoxy groups -OCH3 is 1. The van der Waals surface area contributed by atoms with E-state index >= 15 is 0 Å². The van der Waals surface area contributed by atoms with Gasteiger partial charge in [-0.05, 0) is 52.8 Å². The second kappa shape index (κ2) is 9.00. The van der Waals surface area contributed by atoms with Gasteiger partial charge in [0.15, 0.2) is 5.11 Å². The summed E-state index contributed by atoms with van der Waals surface area (Å²) in [6.45, 7) is 0.383. The molecule has 0 aliphatic carbocycles. The Morgan fingerprint density at radius 1 is 1.29 bits per heavy atom. The van der Waals surface area contributed by atoms with Gasteiger partial charge >= 0.3 is 0 Å². The third-order valence-corrected chi connectivity index (χ3v) is 3.91. The standard InChI is InChI=1S/C16H16BrF2N3OS/c1-23-9-10-2-4-13(18)12(15(10)19)6-7-20-16(24)22-14-5-3-11(17)8-21-14/h2-5,8H,6-7,9H2,1H3,(H2,20,21,22,24). The normalized spacial score (nSPS) is 10.5. The summed E-state index contributed by atoms with van der Waals surface area (Å²) in [5.41, 5.74) is 0.343. The molecule has 1 aromatic carbocycles. The maximum atomic E-state index is 14.2. The van der Waals surface area contributed by atoms with Crippen molar-refractivity contribution in [3.05, 3.63) is 57.7 Å². The lowest BCUT2D eigenvalue weighted by Gasteiger charge is -2.12. The lowest BCUT2D eigenvalue weighted by Crippen LogP contribution is -2.30. The molecule has 0 radical (unpaired) electrons. The van der Waals surface area contributed by atoms with Gasteiger partial charge in [0, 0.05) is 35.5 Å². The topological polar surface area (TPSA) is 46.2 Å². The van der Waals surface area contributed by atoms with Gasteiger partial charge in [0.25, 0.3) is 0 Å². The molecular formula is C16H16BrF2N3OS. The second-order valence-electron chi connectivity index (χ2n) is 4.92. The predicted octanol–water partition coefficient (Wildman–Crippen LogP) is 3.80. The van der Waals surface area contributed by atoms with Gasteiger partial charge in [0.05, 0.1) is 6.61 Å². The first-order chi connectivity index (χ1) is 11.5. The Balaban J connectivity index is 1.90. The number of halogens is 3. The summed E-state index contributed by atoms with van der Waals surface area (Å²) in [5.74, 6) is -0.579. The van der Waals surface area contributed by atoms with E-state index in [9.17, 15) is 8.78 Å². The van der Waals surface area contributed by atoms with Crippen LogP contribution in [0.25, 0.3) is 0 Å². The largest absolute Gasteiger partial charge is 0.380 e. The highest BCUT2D eigenvalue weighted by Gasteiger charge is 2.13. The van der Waals surface area contributed by atoms with Crippen LogP contribution in [-0.4, -0.2) is 23.8 Å². The molecule has 0 bridgehead atoms. The molecule has 0 unspecified atom stereocenters. The Hall–Kier alpha value is -1.64. The molecule has 1 heterocycles. The number of pyridine rings is 1. The lowest BCUT2D eigenvalue weighted by atomic mass is 10.1. The number of nitrogens with one attached hydrogen (secondary N) is 2. The van der Waals surface area contributed by atoms with E-state index in [1.165, 1.54) is 19.2 Å². The summed E-state index contributed by atoms with van der Waals surface area (Å²) in [7, 11) is 1.46. The first-order valence-corrected chi connectivity index (χ1v) is 8.32. The van der Waals surface area contributed by atoms with E-state index in [-0.39, 0.29) is 25.1 Å². The van der Waals surface area contributed by atoms with Gasteiger partial charge in [0.2, 0.25) is 0 Å². The van der Waals surface area contributed by atoms with Crippen LogP contribution >= 0.6 is 28.1 Å². The summed E-state index contributed by atoms with van der Waals surface area (Å²) in [4.78, 5) is 4.13. The van der Waals surface area contributed by atoms with E-state index in [0.717, 1.165) is 4.47 Å². The maximum absolute atomic E-state index is 14.2. The van der Waals surface area contributed by atoms with E-state index in [2.05, 4.69) is 31.5 Å². The number of benzene rings is 1. The molecule has 0 fully saturated rings. The van der Waals surface area contributed by atoms with Gasteiger partial charge in [0.1, 0.15) is 17.5 Å². The van der Waals surface area contributed by atoms with Crippen molar-refractivity contribution in [1.29, 1.82) is 0 Å². The average Bonchev–Trinajstić information content (AvgIpc) is 2.55. The minimum absolute atomic E-state index is 0.0154. The number of hydrogen-bond donors (Lipinski definition) is 2. The van der Waals surface area contributed by atoms with Crippen LogP contribution in [0.1, 0.15) is 11.1 Å². The van der Waals surface area contributed by atoms with Crippen LogP contribution in [-0.2, 0) is 17.8 Å². The van der Waals surface area contributed by atoms with Crippen LogP contribution < -0.4 is 10.6 Å². The maximum Gasteiger partial charge on any atom is 0.171 e. The number of aromatic nitrogens is 1. The van der Waals surface area contributed by atoms with E-state index < -0.39 is 11.6 Å². The number of anilines is 1. The molecule has 128 valence electrons. The van der Waals surface area contributed by atoms with Crippen LogP contribution in [0.15, 0.2) is 34.9 Å². The number of hydrogen-bond acceptors (Lipinski definition) is 3. The number of rotatable bonds is 6. The highest BCUT2D eigenvalue weighted by Crippen LogP contribution is 2.18. The molecule has 0 aliphatic heterocycles. The van der Waals surface area contributed by atoms with Crippen molar-refractivity contribution in [3.8, 4) is 0 Å². The van der Waals surface area contributed by atoms with Gasteiger partial charge in [-0.2, -0.15) is 0 Å². The van der Waals surface area contributed by atoms with Crippen molar-refractivity contribution < 1.29 is 13.5 Å². The van der Waals surface area contributed by atoms with Gasteiger partial charge < -0.3 is 15.4 Å². The molecule has 8 heteroatoms. The zero-order valence-electron chi connectivity index (χ0n) is 12.9. The average molecular weight is 416 g/mol. The molecule has 0 atom stereocenters. The van der Waals surface area contributed by atoms with E-state index in [1.54, 1.807) is 12.3 Å². The molecule has 4 nitrogen and oxygen atoms in total. The van der Waals surface area contributed by atoms with Crippen molar-refractivity contribution >= 4 is 39.1 Å². The number of nitrogens with zero attached hydrogens (tertiary/aromatic N) is 1. The Kier molecular flexibility index (Phi) is 7.01. The minimum atomic E-state index is -0.581. The number of thiocarbonyl (C=S) groups is 1. The first-order valence-electron chi connectivity index (χ1n) is 7.12. The Bertz CT molecular complexity index is 713. The van der Waals surface area contributed by atoms with E-state index in [0.29, 0.717) is 16.5 Å². The van der Waals surface area contributed by atoms with Crippen LogP contribution in [0.2, 0.25) is 0 Å². The Morgan fingerprint density at radius 2 is 2.08 bits per heavy atom. The zero-order valence-corrected chi connectivity index (χ0v) is 15.3. The van der Waals surface area contributed by atoms with Crippen molar-refractivity contribution in [2.75, 3.05) is 19.0 Å². The molecule has 0 saturated carbocycles. The molecular weight excluding hydrogens is 400 g/mol. The van der Waals surface area contributed by atoms with Crippen molar-refractivity contribution in [2.24, 2.45) is 0 Å². The predicted molar refractivity (Wildman–Crippen MR) is 96.9 cm³/mol. The van der Waals surface area contributed by atoms with Crippen LogP contribution in [0, 0.1) is 11.6 Å². The molecule has 0 saturated heterocycles. The van der Waals surface area contributed by atoms with Gasteiger partial charge in [-0.1, -0.05) is 6.07 Å². The second-order valence-corrected chi connectivity index (χ2v) is 6.25. The van der Waals surface area contributed by atoms with Crippen LogP contribution in [0.5, 0.6) is 0 Å². The van der Waals surface area contributed by atoms with Crippen molar-refractivity contribution in [2.45, 2.75) is 13.0 Å². The molecule has 0 aliphatic rings. The monoisotopic (exact) mass is 415 g/mol. The third-order valence-electron chi connectivity index (χ3n) is 3.20. The zero-order chi connectivity index (χ0) is 17.5. The SMILES string of the molecule is COCc1ccc(F)c(CCNC(=S)Nc2ccc(Br)cn2)c1F. The highest BCUT2D eigenvalue weighted by atomic mass is 79.9. The van der Waals surface area contributed by atoms with E-state index in [4.69, 9.17) is 17.0 Å². The number of ether oxygens (including phenoxy) is 1. The van der Waals surface area contributed by atoms with Gasteiger partial charge in [-0.25, -0.2) is 13.8 Å². The molecule has 0 spiro atoms. The van der Waals surface area contributed by atoms with Crippen LogP contribution in [0.4, 0.5) is 14.6 Å². The van der Waals surface area contributed by atoms with Crippen molar-refractivity contribution in [3.63, 3.8) is 0 Å². The van der Waals surface area contributed by atoms with Crippen LogP contribution in [0.3, 0.4) is 0 Å². The Morgan fingerprint density at radius 3 is 2.75 bits per heavy atom. The molecule has 2 aromatic rings. The fourth-order valence-electron chi connectivity index (χ4n) is 2.05. The quantitative estimate of drug-likeness (QED) is 0.702. The fourth-order valence-corrected chi connectivity index (χ4v) is 2.49. The Labute approximate surface area is 152 Å². The first kappa shape index (κ1) is 18.7. The van der Waals surface area contributed by atoms with Gasteiger partial charge in [-0.3, -0.25) is 0 Å². The highest BCUT2D eigenvalue weighted by molar-refractivity contribution is 9.10. The molecule has 2 N–H and O–H groups in total. The summed E-state index contributed by atoms with van der Waals surface area (Å²) in [6.07, 6.45) is 1.79. The molecule has 1 aromatic heterocycles. The smallest absolute Gasteiger partial charge is 0.171 e. The summed E-state index contributed by atoms with van der Waals surface area (Å²) in [5, 5.41) is 6.13. The summed E-state index contributed by atoms with van der Waals surface area (Å²) in [6, 6.07) is 6.21. The summed E-state index contributed by atoms with van der Waals surface area (Å²) < 4.78 is 33.8. The van der Waals surface area contributed by atoms with Crippen molar-refractivity contribution in [1.82, 2.24) is 10.3 Å². The minimum Gasteiger partial charge on any atom is -0.380 e. The molecule has 24 heavy (non-hydrogen) atoms. The summed E-state index contributed by atoms with van der Waals surface area (Å²) >= 11 is 8.43. The fraction of sp³-hybridized carbons (Fsp3) is 0.250. The lowest BCUT2D eigenvalue weighted by molar-refractivity contribution is 0.181. The molecule has 2 rings (SSSR count).